The Hall–Kier alpha value is -4.70. The molecule has 1 N–H and O–H groups in total. The summed E-state index contributed by atoms with van der Waals surface area (Å²) in [4.78, 5) is 38.4. The summed E-state index contributed by atoms with van der Waals surface area (Å²) < 4.78 is 28.8. The van der Waals surface area contributed by atoms with Crippen LogP contribution in [-0.2, 0) is 16.1 Å². The van der Waals surface area contributed by atoms with E-state index < -0.39 is 23.5 Å². The minimum absolute atomic E-state index is 0.0898. The molecule has 0 saturated heterocycles. The summed E-state index contributed by atoms with van der Waals surface area (Å²) in [5.41, 5.74) is 0.643. The first-order valence-electron chi connectivity index (χ1n) is 12.7. The maximum absolute atomic E-state index is 15.2. The highest BCUT2D eigenvalue weighted by Gasteiger charge is 2.31. The summed E-state index contributed by atoms with van der Waals surface area (Å²) in [6.07, 6.45) is 7.13. The molecule has 208 valence electrons. The largest absolute Gasteiger partial charge is 0.477 e. The van der Waals surface area contributed by atoms with E-state index in [1.807, 2.05) is 0 Å². The van der Waals surface area contributed by atoms with E-state index in [1.165, 1.54) is 29.2 Å². The minimum Gasteiger partial charge on any atom is -0.477 e. The van der Waals surface area contributed by atoms with Gasteiger partial charge in [-0.25, -0.2) is 14.0 Å². The van der Waals surface area contributed by atoms with E-state index in [9.17, 15) is 19.5 Å². The van der Waals surface area contributed by atoms with E-state index in [1.54, 1.807) is 51.1 Å². The van der Waals surface area contributed by atoms with Crippen LogP contribution in [0.3, 0.4) is 0 Å². The second kappa shape index (κ2) is 9.45. The zero-order chi connectivity index (χ0) is 29.2. The van der Waals surface area contributed by atoms with Crippen LogP contribution in [0.5, 0.6) is 0 Å². The highest BCUT2D eigenvalue weighted by Crippen LogP contribution is 2.41. The lowest BCUT2D eigenvalue weighted by molar-refractivity contribution is -0.113. The van der Waals surface area contributed by atoms with Crippen molar-refractivity contribution in [2.75, 3.05) is 0 Å². The van der Waals surface area contributed by atoms with Gasteiger partial charge in [0.2, 0.25) is 0 Å². The molecule has 3 heterocycles. The molecule has 0 fully saturated rings. The zero-order valence-corrected chi connectivity index (χ0v) is 23.0. The smallest absolute Gasteiger partial charge is 0.435 e. The number of carbonyl (C=O) groups excluding carboxylic acids is 2. The average molecular weight is 576 g/mol. The van der Waals surface area contributed by atoms with Gasteiger partial charge < -0.3 is 18.8 Å². The van der Waals surface area contributed by atoms with Crippen LogP contribution >= 0.6 is 11.6 Å². The van der Waals surface area contributed by atoms with Crippen molar-refractivity contribution in [3.63, 3.8) is 0 Å². The fourth-order valence-electron chi connectivity index (χ4n) is 5.16. The van der Waals surface area contributed by atoms with Gasteiger partial charge in [-0.05, 0) is 50.6 Å². The Bertz CT molecular complexity index is 2000. The van der Waals surface area contributed by atoms with Crippen molar-refractivity contribution < 1.29 is 33.0 Å². The van der Waals surface area contributed by atoms with Gasteiger partial charge in [0.05, 0.1) is 34.3 Å². The van der Waals surface area contributed by atoms with Crippen molar-refractivity contribution in [3.05, 3.63) is 82.6 Å². The first kappa shape index (κ1) is 26.5. The predicted molar refractivity (Wildman–Crippen MR) is 151 cm³/mol. The van der Waals surface area contributed by atoms with Gasteiger partial charge in [0, 0.05) is 34.5 Å². The molecule has 41 heavy (non-hydrogen) atoms. The zero-order valence-electron chi connectivity index (χ0n) is 22.2. The van der Waals surface area contributed by atoms with Crippen molar-refractivity contribution in [2.24, 2.45) is 0 Å². The number of nitrogens with zero attached hydrogens (tertiary/aromatic N) is 3. The number of allylic oxidation sites excluding steroid dienone is 4. The van der Waals surface area contributed by atoms with E-state index in [0.29, 0.717) is 21.9 Å². The number of rotatable bonds is 4. The lowest BCUT2D eigenvalue weighted by Gasteiger charge is -2.19. The van der Waals surface area contributed by atoms with Crippen molar-refractivity contribution in [1.82, 2.24) is 14.3 Å². The van der Waals surface area contributed by atoms with E-state index >= 15 is 4.39 Å². The maximum Gasteiger partial charge on any atom is 0.435 e. The molecule has 5 aromatic rings. The quantitative estimate of drug-likeness (QED) is 0.246. The van der Waals surface area contributed by atoms with E-state index in [2.05, 4.69) is 5.10 Å². The number of aromatic carboxylic acids is 1. The summed E-state index contributed by atoms with van der Waals surface area (Å²) >= 11 is 6.67. The number of furan rings is 1. The molecule has 0 saturated carbocycles. The van der Waals surface area contributed by atoms with Crippen LogP contribution in [0.4, 0.5) is 9.18 Å². The van der Waals surface area contributed by atoms with Crippen molar-refractivity contribution in [2.45, 2.75) is 39.3 Å². The monoisotopic (exact) mass is 575 g/mol. The first-order valence-corrected chi connectivity index (χ1v) is 13.1. The van der Waals surface area contributed by atoms with E-state index in [-0.39, 0.29) is 57.1 Å². The molecule has 3 aromatic heterocycles. The van der Waals surface area contributed by atoms with Gasteiger partial charge in [-0.15, -0.1) is 0 Å². The lowest BCUT2D eigenvalue weighted by Crippen LogP contribution is -2.27. The van der Waals surface area contributed by atoms with Crippen LogP contribution < -0.4 is 0 Å². The topological polar surface area (TPSA) is 117 Å². The Labute approximate surface area is 237 Å². The molecule has 6 rings (SSSR count). The Morgan fingerprint density at radius 3 is 2.71 bits per heavy atom. The molecule has 0 atom stereocenters. The van der Waals surface area contributed by atoms with Crippen LogP contribution in [0.15, 0.2) is 59.4 Å². The molecule has 11 heteroatoms. The highest BCUT2D eigenvalue weighted by atomic mass is 35.5. The first-order chi connectivity index (χ1) is 19.4. The van der Waals surface area contributed by atoms with Gasteiger partial charge in [0.25, 0.3) is 0 Å². The number of benzene rings is 2. The summed E-state index contributed by atoms with van der Waals surface area (Å²) in [7, 11) is 0. The van der Waals surface area contributed by atoms with Gasteiger partial charge in [-0.3, -0.25) is 4.79 Å². The van der Waals surface area contributed by atoms with Crippen LogP contribution in [0.25, 0.3) is 38.3 Å². The normalized spacial score (nSPS) is 13.9. The Balaban J connectivity index is 1.57. The Morgan fingerprint density at radius 2 is 2.00 bits per heavy atom. The lowest BCUT2D eigenvalue weighted by atomic mass is 9.93. The van der Waals surface area contributed by atoms with Gasteiger partial charge in [-0.1, -0.05) is 29.8 Å². The predicted octanol–water partition coefficient (Wildman–Crippen LogP) is 6.97. The third kappa shape index (κ3) is 4.40. The molecule has 0 bridgehead atoms. The molecule has 9 nitrogen and oxygen atoms in total. The van der Waals surface area contributed by atoms with Crippen molar-refractivity contribution in [1.29, 1.82) is 0 Å². The van der Waals surface area contributed by atoms with E-state index in [0.717, 1.165) is 4.68 Å². The molecule has 0 unspecified atom stereocenters. The average Bonchev–Trinajstić information content (AvgIpc) is 3.60. The molecule has 1 aliphatic rings. The Kier molecular flexibility index (Phi) is 6.11. The number of halogens is 2. The number of carbonyl (C=O) groups is 3. The molecule has 2 aromatic carbocycles. The number of ketones is 1. The fourth-order valence-corrected chi connectivity index (χ4v) is 5.37. The van der Waals surface area contributed by atoms with Crippen LogP contribution in [-0.4, -0.2) is 42.9 Å². The number of ether oxygens (including phenoxy) is 1. The molecule has 0 aliphatic heterocycles. The van der Waals surface area contributed by atoms with Crippen LogP contribution in [0, 0.1) is 5.82 Å². The number of fused-ring (bicyclic) bond motifs is 4. The molecule has 0 amide bonds. The molecular weight excluding hydrogens is 553 g/mol. The third-order valence-electron chi connectivity index (χ3n) is 6.82. The maximum atomic E-state index is 15.2. The summed E-state index contributed by atoms with van der Waals surface area (Å²) in [6.45, 7) is 5.13. The highest BCUT2D eigenvalue weighted by molar-refractivity contribution is 6.32. The summed E-state index contributed by atoms with van der Waals surface area (Å²) in [5, 5.41) is 15.8. The SMILES string of the molecule is CC(C)(C)OC(=O)n1ncc2cc(Cn3c(C(=O)O)c(C4=CC=CCC4=O)c4c5occc5c(F)cc43)c(Cl)cc21. The van der Waals surface area contributed by atoms with Gasteiger partial charge in [-0.2, -0.15) is 9.78 Å². The number of carboxylic acids is 1. The van der Waals surface area contributed by atoms with Gasteiger partial charge in [0.15, 0.2) is 5.78 Å². The van der Waals surface area contributed by atoms with Crippen LogP contribution in [0.1, 0.15) is 48.8 Å². The second-order valence-corrected chi connectivity index (χ2v) is 11.1. The summed E-state index contributed by atoms with van der Waals surface area (Å²) in [6, 6.07) is 5.91. The Morgan fingerprint density at radius 1 is 1.22 bits per heavy atom. The number of hydrogen-bond acceptors (Lipinski definition) is 6. The molecule has 0 spiro atoms. The van der Waals surface area contributed by atoms with Gasteiger partial charge >= 0.3 is 12.1 Å². The molecule has 0 radical (unpaired) electrons. The van der Waals surface area contributed by atoms with E-state index in [4.69, 9.17) is 20.8 Å². The molecule has 1 aliphatic carbocycles. The number of carboxylic acid groups (broad SMARTS) is 1. The molecular formula is C30H23ClFN3O6. The van der Waals surface area contributed by atoms with Crippen molar-refractivity contribution >= 4 is 67.8 Å². The minimum atomic E-state index is -1.31. The fraction of sp³-hybridized carbons (Fsp3) is 0.200. The standard InChI is InChI=1S/C30H23ClFN3O6/c1-30(2,3)41-29(39)35-21-11-19(31)16(10-15(21)13-33-35)14-34-22-12-20(32)17-8-9-40-27(17)25(22)24(26(34)28(37)38)18-6-4-5-7-23(18)36/h4-6,8-13H,7,14H2,1-3H3,(H,37,38). The number of hydrogen-bond donors (Lipinski definition) is 1. The van der Waals surface area contributed by atoms with Crippen molar-refractivity contribution in [3.8, 4) is 0 Å². The van der Waals surface area contributed by atoms with Gasteiger partial charge in [0.1, 0.15) is 22.7 Å². The number of aromatic nitrogens is 3. The number of Topliss-reactive ketones (excluding diaryl/α,β-unsaturated/α-hetero) is 1. The third-order valence-corrected chi connectivity index (χ3v) is 7.17. The second-order valence-electron chi connectivity index (χ2n) is 10.7. The summed E-state index contributed by atoms with van der Waals surface area (Å²) in [5.74, 6) is -2.19. The van der Waals surface area contributed by atoms with Crippen LogP contribution in [0.2, 0.25) is 5.02 Å².